The highest BCUT2D eigenvalue weighted by molar-refractivity contribution is 7.11. The van der Waals surface area contributed by atoms with Gasteiger partial charge in [-0.1, -0.05) is 6.92 Å². The SMILES string of the molecule is CCC(N)C(=O)N1CCCC(c2nc3c(s2)CCCC3)C1. The molecule has 3 rings (SSSR count). The number of hydrogen-bond acceptors (Lipinski definition) is 4. The maximum absolute atomic E-state index is 12.3. The van der Waals surface area contributed by atoms with Crippen molar-refractivity contribution >= 4 is 17.2 Å². The molecule has 1 aromatic rings. The van der Waals surface area contributed by atoms with Gasteiger partial charge in [-0.3, -0.25) is 4.79 Å². The monoisotopic (exact) mass is 307 g/mol. The van der Waals surface area contributed by atoms with Gasteiger partial charge in [0.25, 0.3) is 0 Å². The Balaban J connectivity index is 1.71. The lowest BCUT2D eigenvalue weighted by molar-refractivity contribution is -0.133. The molecular formula is C16H25N3OS. The predicted molar refractivity (Wildman–Crippen MR) is 85.6 cm³/mol. The fourth-order valence-corrected chi connectivity index (χ4v) is 4.61. The zero-order valence-corrected chi connectivity index (χ0v) is 13.6. The molecule has 1 amide bonds. The van der Waals surface area contributed by atoms with E-state index in [2.05, 4.69) is 0 Å². The number of aryl methyl sites for hydroxylation is 2. The van der Waals surface area contributed by atoms with Gasteiger partial charge in [0.2, 0.25) is 5.91 Å². The minimum absolute atomic E-state index is 0.114. The lowest BCUT2D eigenvalue weighted by atomic mass is 9.97. The molecule has 0 radical (unpaired) electrons. The topological polar surface area (TPSA) is 59.2 Å². The third-order valence-corrected chi connectivity index (χ3v) is 6.02. The summed E-state index contributed by atoms with van der Waals surface area (Å²) in [6, 6.07) is -0.340. The molecule has 5 heteroatoms. The van der Waals surface area contributed by atoms with E-state index < -0.39 is 0 Å². The summed E-state index contributed by atoms with van der Waals surface area (Å²) < 4.78 is 0. The summed E-state index contributed by atoms with van der Waals surface area (Å²) >= 11 is 1.89. The van der Waals surface area contributed by atoms with Crippen LogP contribution in [0.2, 0.25) is 0 Å². The first-order chi connectivity index (χ1) is 10.2. The van der Waals surface area contributed by atoms with Crippen LogP contribution in [0.5, 0.6) is 0 Å². The molecule has 4 nitrogen and oxygen atoms in total. The van der Waals surface area contributed by atoms with Crippen molar-refractivity contribution in [2.75, 3.05) is 13.1 Å². The van der Waals surface area contributed by atoms with Crippen LogP contribution in [0, 0.1) is 0 Å². The summed E-state index contributed by atoms with van der Waals surface area (Å²) in [5, 5.41) is 1.25. The standard InChI is InChI=1S/C16H25N3OS/c1-2-12(17)16(20)19-9-5-6-11(10-19)15-18-13-7-3-4-8-14(13)21-15/h11-12H,2-10,17H2,1H3. The Morgan fingerprint density at radius 2 is 2.24 bits per heavy atom. The molecule has 1 saturated heterocycles. The van der Waals surface area contributed by atoms with Gasteiger partial charge >= 0.3 is 0 Å². The fraction of sp³-hybridized carbons (Fsp3) is 0.750. The highest BCUT2D eigenvalue weighted by atomic mass is 32.1. The molecule has 116 valence electrons. The number of carbonyl (C=O) groups excluding carboxylic acids is 1. The van der Waals surface area contributed by atoms with E-state index in [-0.39, 0.29) is 11.9 Å². The molecular weight excluding hydrogens is 282 g/mol. The molecule has 2 heterocycles. The van der Waals surface area contributed by atoms with Crippen molar-refractivity contribution in [2.45, 2.75) is 63.8 Å². The third kappa shape index (κ3) is 3.14. The predicted octanol–water partition coefficient (Wildman–Crippen LogP) is 2.47. The highest BCUT2D eigenvalue weighted by Crippen LogP contribution is 2.34. The molecule has 2 unspecified atom stereocenters. The molecule has 2 atom stereocenters. The number of nitrogens with two attached hydrogens (primary N) is 1. The largest absolute Gasteiger partial charge is 0.341 e. The number of rotatable bonds is 3. The molecule has 1 aromatic heterocycles. The first-order valence-corrected chi connectivity index (χ1v) is 9.03. The number of aromatic nitrogens is 1. The van der Waals surface area contributed by atoms with E-state index in [1.807, 2.05) is 23.2 Å². The summed E-state index contributed by atoms with van der Waals surface area (Å²) in [7, 11) is 0. The van der Waals surface area contributed by atoms with Crippen molar-refractivity contribution in [1.29, 1.82) is 0 Å². The summed E-state index contributed by atoms with van der Waals surface area (Å²) in [6.45, 7) is 3.63. The van der Waals surface area contributed by atoms with Crippen LogP contribution in [0.1, 0.15) is 60.5 Å². The number of piperidine rings is 1. The van der Waals surface area contributed by atoms with Crippen LogP contribution in [0.15, 0.2) is 0 Å². The van der Waals surface area contributed by atoms with E-state index in [0.717, 1.165) is 32.4 Å². The van der Waals surface area contributed by atoms with Crippen LogP contribution in [0.3, 0.4) is 0 Å². The van der Waals surface area contributed by atoms with Crippen molar-refractivity contribution in [3.63, 3.8) is 0 Å². The number of fused-ring (bicyclic) bond motifs is 1. The average Bonchev–Trinajstić information content (AvgIpc) is 2.97. The molecule has 2 aliphatic rings. The Bertz CT molecular complexity index is 490. The van der Waals surface area contributed by atoms with Crippen LogP contribution < -0.4 is 5.73 Å². The van der Waals surface area contributed by atoms with Crippen molar-refractivity contribution in [1.82, 2.24) is 9.88 Å². The molecule has 1 aliphatic heterocycles. The molecule has 2 N–H and O–H groups in total. The van der Waals surface area contributed by atoms with Gasteiger partial charge in [-0.15, -0.1) is 11.3 Å². The van der Waals surface area contributed by atoms with Gasteiger partial charge in [0.05, 0.1) is 16.7 Å². The fourth-order valence-electron chi connectivity index (χ4n) is 3.33. The summed E-state index contributed by atoms with van der Waals surface area (Å²) in [5.41, 5.74) is 7.24. The molecule has 21 heavy (non-hydrogen) atoms. The van der Waals surface area contributed by atoms with E-state index in [1.54, 1.807) is 0 Å². The van der Waals surface area contributed by atoms with Crippen molar-refractivity contribution in [2.24, 2.45) is 5.73 Å². The minimum Gasteiger partial charge on any atom is -0.341 e. The Kier molecular flexibility index (Phi) is 4.60. The van der Waals surface area contributed by atoms with Crippen molar-refractivity contribution in [3.05, 3.63) is 15.6 Å². The van der Waals surface area contributed by atoms with Gasteiger partial charge in [0, 0.05) is 23.9 Å². The second-order valence-electron chi connectivity index (χ2n) is 6.27. The number of thiazole rings is 1. The van der Waals surface area contributed by atoms with E-state index in [9.17, 15) is 4.79 Å². The highest BCUT2D eigenvalue weighted by Gasteiger charge is 2.29. The Morgan fingerprint density at radius 1 is 1.43 bits per heavy atom. The van der Waals surface area contributed by atoms with Gasteiger partial charge < -0.3 is 10.6 Å². The first-order valence-electron chi connectivity index (χ1n) is 8.22. The minimum atomic E-state index is -0.340. The third-order valence-electron chi connectivity index (χ3n) is 4.70. The number of amides is 1. The molecule has 1 aliphatic carbocycles. The molecule has 0 spiro atoms. The number of likely N-dealkylation sites (tertiary alicyclic amines) is 1. The van der Waals surface area contributed by atoms with E-state index in [0.29, 0.717) is 12.3 Å². The molecule has 0 aromatic carbocycles. The quantitative estimate of drug-likeness (QED) is 0.933. The zero-order chi connectivity index (χ0) is 14.8. The first kappa shape index (κ1) is 15.0. The van der Waals surface area contributed by atoms with Crippen LogP contribution in [0.4, 0.5) is 0 Å². The van der Waals surface area contributed by atoms with Crippen LogP contribution in [-0.4, -0.2) is 34.9 Å². The normalized spacial score (nSPS) is 23.7. The maximum atomic E-state index is 12.3. The van der Waals surface area contributed by atoms with Gasteiger partial charge in [-0.2, -0.15) is 0 Å². The molecule has 1 fully saturated rings. The van der Waals surface area contributed by atoms with E-state index >= 15 is 0 Å². The summed E-state index contributed by atoms with van der Waals surface area (Å²) in [4.78, 5) is 20.6. The van der Waals surface area contributed by atoms with E-state index in [4.69, 9.17) is 10.7 Å². The average molecular weight is 307 g/mol. The molecule has 0 bridgehead atoms. The molecule has 0 saturated carbocycles. The Morgan fingerprint density at radius 3 is 3.00 bits per heavy atom. The number of hydrogen-bond donors (Lipinski definition) is 1. The Labute approximate surface area is 130 Å². The zero-order valence-electron chi connectivity index (χ0n) is 12.8. The lowest BCUT2D eigenvalue weighted by Crippen LogP contribution is -2.47. The second kappa shape index (κ2) is 6.44. The second-order valence-corrected chi connectivity index (χ2v) is 7.38. The van der Waals surface area contributed by atoms with Crippen molar-refractivity contribution < 1.29 is 4.79 Å². The van der Waals surface area contributed by atoms with Gasteiger partial charge in [0.15, 0.2) is 0 Å². The smallest absolute Gasteiger partial charge is 0.239 e. The van der Waals surface area contributed by atoms with Crippen LogP contribution in [0.25, 0.3) is 0 Å². The lowest BCUT2D eigenvalue weighted by Gasteiger charge is -2.33. The van der Waals surface area contributed by atoms with Gasteiger partial charge in [0.1, 0.15) is 0 Å². The summed E-state index contributed by atoms with van der Waals surface area (Å²) in [6.07, 6.45) is 7.84. The van der Waals surface area contributed by atoms with Crippen LogP contribution >= 0.6 is 11.3 Å². The van der Waals surface area contributed by atoms with Crippen LogP contribution in [-0.2, 0) is 17.6 Å². The van der Waals surface area contributed by atoms with Crippen molar-refractivity contribution in [3.8, 4) is 0 Å². The van der Waals surface area contributed by atoms with E-state index in [1.165, 1.54) is 34.8 Å². The van der Waals surface area contributed by atoms with Gasteiger partial charge in [-0.05, 0) is 44.9 Å². The number of carbonyl (C=O) groups is 1. The van der Waals surface area contributed by atoms with Gasteiger partial charge in [-0.25, -0.2) is 4.98 Å². The maximum Gasteiger partial charge on any atom is 0.239 e. The number of nitrogens with zero attached hydrogens (tertiary/aromatic N) is 2. The Hall–Kier alpha value is -0.940. The summed E-state index contributed by atoms with van der Waals surface area (Å²) in [5.74, 6) is 0.533.